The smallest absolute Gasteiger partial charge is 0.132 e. The summed E-state index contributed by atoms with van der Waals surface area (Å²) in [6, 6.07) is 14.5. The molecular weight excluding hydrogens is 326 g/mol. The average Bonchev–Trinajstić information content (AvgIpc) is 2.49. The summed E-state index contributed by atoms with van der Waals surface area (Å²) in [5, 5.41) is 3.51. The lowest BCUT2D eigenvalue weighted by Crippen LogP contribution is -2.19. The molecule has 2 aromatic carbocycles. The second-order valence-electron chi connectivity index (χ2n) is 5.27. The molecule has 0 spiro atoms. The first-order chi connectivity index (χ1) is 10.1. The first kappa shape index (κ1) is 16.1. The molecule has 3 heteroatoms. The second-order valence-corrected chi connectivity index (χ2v) is 6.19. The summed E-state index contributed by atoms with van der Waals surface area (Å²) in [5.74, 6) is 1.77. The zero-order valence-corrected chi connectivity index (χ0v) is 14.4. The van der Waals surface area contributed by atoms with Crippen LogP contribution in [0.15, 0.2) is 46.9 Å². The van der Waals surface area contributed by atoms with E-state index in [1.165, 1.54) is 11.1 Å². The molecule has 0 aliphatic heterocycles. The maximum atomic E-state index is 6.06. The minimum atomic E-state index is 0.253. The van der Waals surface area contributed by atoms with Crippen LogP contribution < -0.4 is 10.1 Å². The minimum Gasteiger partial charge on any atom is -0.457 e. The number of aryl methyl sites for hydroxylation is 1. The summed E-state index contributed by atoms with van der Waals surface area (Å²) < 4.78 is 7.13. The van der Waals surface area contributed by atoms with Gasteiger partial charge in [-0.2, -0.15) is 0 Å². The number of hydrogen-bond donors (Lipinski definition) is 1. The van der Waals surface area contributed by atoms with Crippen molar-refractivity contribution in [3.8, 4) is 11.5 Å². The maximum Gasteiger partial charge on any atom is 0.132 e. The molecule has 0 fully saturated rings. The molecule has 2 rings (SSSR count). The van der Waals surface area contributed by atoms with Crippen molar-refractivity contribution in [2.75, 3.05) is 6.54 Å². The summed E-state index contributed by atoms with van der Waals surface area (Å²) >= 11 is 3.54. The third-order valence-electron chi connectivity index (χ3n) is 3.39. The highest BCUT2D eigenvalue weighted by molar-refractivity contribution is 9.10. The first-order valence-electron chi connectivity index (χ1n) is 7.37. The zero-order valence-electron chi connectivity index (χ0n) is 12.8. The van der Waals surface area contributed by atoms with Gasteiger partial charge in [-0.3, -0.25) is 0 Å². The molecule has 112 valence electrons. The molecule has 2 aromatic rings. The fourth-order valence-electron chi connectivity index (χ4n) is 2.15. The van der Waals surface area contributed by atoms with E-state index < -0.39 is 0 Å². The van der Waals surface area contributed by atoms with Gasteiger partial charge < -0.3 is 10.1 Å². The molecule has 0 bridgehead atoms. The number of nitrogens with one attached hydrogen (secondary N) is 1. The standard InChI is InChI=1S/C18H22BrNO/c1-4-11-20-14(3)17-12-15(19)7-10-18(17)21-16-8-5-13(2)6-9-16/h5-10,12,14,20H,4,11H2,1-3H3. The third kappa shape index (κ3) is 4.58. The van der Waals surface area contributed by atoms with Crippen molar-refractivity contribution in [2.24, 2.45) is 0 Å². The lowest BCUT2D eigenvalue weighted by Gasteiger charge is -2.18. The molecule has 1 unspecified atom stereocenters. The summed E-state index contributed by atoms with van der Waals surface area (Å²) in [5.41, 5.74) is 2.40. The van der Waals surface area contributed by atoms with Gasteiger partial charge in [0, 0.05) is 16.1 Å². The van der Waals surface area contributed by atoms with Crippen LogP contribution in [0, 0.1) is 6.92 Å². The Morgan fingerprint density at radius 3 is 2.52 bits per heavy atom. The van der Waals surface area contributed by atoms with Crippen LogP contribution in [0.5, 0.6) is 11.5 Å². The second kappa shape index (κ2) is 7.62. The Labute approximate surface area is 135 Å². The predicted molar refractivity (Wildman–Crippen MR) is 92.1 cm³/mol. The lowest BCUT2D eigenvalue weighted by atomic mass is 10.1. The first-order valence-corrected chi connectivity index (χ1v) is 8.16. The Morgan fingerprint density at radius 1 is 1.14 bits per heavy atom. The van der Waals surface area contributed by atoms with E-state index in [-0.39, 0.29) is 6.04 Å². The monoisotopic (exact) mass is 347 g/mol. The Bertz CT molecular complexity index is 580. The van der Waals surface area contributed by atoms with E-state index in [4.69, 9.17) is 4.74 Å². The van der Waals surface area contributed by atoms with Gasteiger partial charge in [0.2, 0.25) is 0 Å². The van der Waals surface area contributed by atoms with Gasteiger partial charge in [0.25, 0.3) is 0 Å². The van der Waals surface area contributed by atoms with E-state index in [0.29, 0.717) is 0 Å². The highest BCUT2D eigenvalue weighted by Crippen LogP contribution is 2.32. The minimum absolute atomic E-state index is 0.253. The summed E-state index contributed by atoms with van der Waals surface area (Å²) in [4.78, 5) is 0. The van der Waals surface area contributed by atoms with Gasteiger partial charge in [0.1, 0.15) is 11.5 Å². The highest BCUT2D eigenvalue weighted by Gasteiger charge is 2.12. The van der Waals surface area contributed by atoms with Crippen molar-refractivity contribution < 1.29 is 4.74 Å². The molecule has 0 radical (unpaired) electrons. The molecular formula is C18H22BrNO. The quantitative estimate of drug-likeness (QED) is 0.733. The number of ether oxygens (including phenoxy) is 1. The lowest BCUT2D eigenvalue weighted by molar-refractivity contribution is 0.460. The molecule has 0 aliphatic carbocycles. The van der Waals surface area contributed by atoms with Crippen LogP contribution in [-0.2, 0) is 0 Å². The maximum absolute atomic E-state index is 6.06. The van der Waals surface area contributed by atoms with E-state index >= 15 is 0 Å². The molecule has 0 saturated carbocycles. The zero-order chi connectivity index (χ0) is 15.2. The van der Waals surface area contributed by atoms with Crippen LogP contribution in [0.25, 0.3) is 0 Å². The normalized spacial score (nSPS) is 12.2. The molecule has 0 saturated heterocycles. The number of hydrogen-bond acceptors (Lipinski definition) is 2. The molecule has 21 heavy (non-hydrogen) atoms. The van der Waals surface area contributed by atoms with Crippen LogP contribution in [0.4, 0.5) is 0 Å². The van der Waals surface area contributed by atoms with E-state index in [2.05, 4.69) is 60.2 Å². The highest BCUT2D eigenvalue weighted by atomic mass is 79.9. The van der Waals surface area contributed by atoms with Gasteiger partial charge in [0.05, 0.1) is 0 Å². The Hall–Kier alpha value is -1.32. The molecule has 0 amide bonds. The van der Waals surface area contributed by atoms with Crippen LogP contribution in [0.3, 0.4) is 0 Å². The Balaban J connectivity index is 2.23. The topological polar surface area (TPSA) is 21.3 Å². The van der Waals surface area contributed by atoms with Gasteiger partial charge in [0.15, 0.2) is 0 Å². The van der Waals surface area contributed by atoms with E-state index in [9.17, 15) is 0 Å². The SMILES string of the molecule is CCCNC(C)c1cc(Br)ccc1Oc1ccc(C)cc1. The van der Waals surface area contributed by atoms with Crippen molar-refractivity contribution >= 4 is 15.9 Å². The molecule has 0 aliphatic rings. The molecule has 0 heterocycles. The molecule has 1 atom stereocenters. The van der Waals surface area contributed by atoms with Gasteiger partial charge in [-0.1, -0.05) is 40.5 Å². The van der Waals surface area contributed by atoms with Crippen molar-refractivity contribution in [3.63, 3.8) is 0 Å². The van der Waals surface area contributed by atoms with Crippen molar-refractivity contribution in [1.82, 2.24) is 5.32 Å². The predicted octanol–water partition coefficient (Wildman–Crippen LogP) is 5.61. The Morgan fingerprint density at radius 2 is 1.86 bits per heavy atom. The van der Waals surface area contributed by atoms with E-state index in [0.717, 1.165) is 28.9 Å². The van der Waals surface area contributed by atoms with E-state index in [1.54, 1.807) is 0 Å². The van der Waals surface area contributed by atoms with Crippen LogP contribution in [0.1, 0.15) is 37.4 Å². The average molecular weight is 348 g/mol. The van der Waals surface area contributed by atoms with Crippen LogP contribution >= 0.6 is 15.9 Å². The summed E-state index contributed by atoms with van der Waals surface area (Å²) in [6.45, 7) is 7.41. The van der Waals surface area contributed by atoms with Gasteiger partial charge in [-0.05, 0) is 57.1 Å². The largest absolute Gasteiger partial charge is 0.457 e. The summed E-state index contributed by atoms with van der Waals surface area (Å²) in [6.07, 6.45) is 1.12. The van der Waals surface area contributed by atoms with Gasteiger partial charge in [-0.25, -0.2) is 0 Å². The van der Waals surface area contributed by atoms with Crippen LogP contribution in [-0.4, -0.2) is 6.54 Å². The van der Waals surface area contributed by atoms with Crippen LogP contribution in [0.2, 0.25) is 0 Å². The summed E-state index contributed by atoms with van der Waals surface area (Å²) in [7, 11) is 0. The molecule has 1 N–H and O–H groups in total. The Kier molecular flexibility index (Phi) is 5.83. The third-order valence-corrected chi connectivity index (χ3v) is 3.88. The number of halogens is 1. The van der Waals surface area contributed by atoms with Crippen molar-refractivity contribution in [2.45, 2.75) is 33.2 Å². The fourth-order valence-corrected chi connectivity index (χ4v) is 2.53. The number of benzene rings is 2. The molecule has 0 aromatic heterocycles. The fraction of sp³-hybridized carbons (Fsp3) is 0.333. The number of rotatable bonds is 6. The molecule has 2 nitrogen and oxygen atoms in total. The van der Waals surface area contributed by atoms with Gasteiger partial charge >= 0.3 is 0 Å². The van der Waals surface area contributed by atoms with Crippen molar-refractivity contribution in [1.29, 1.82) is 0 Å². The van der Waals surface area contributed by atoms with Crippen molar-refractivity contribution in [3.05, 3.63) is 58.1 Å². The van der Waals surface area contributed by atoms with E-state index in [1.807, 2.05) is 24.3 Å². The van der Waals surface area contributed by atoms with Gasteiger partial charge in [-0.15, -0.1) is 0 Å².